The second-order valence-corrected chi connectivity index (χ2v) is 8.67. The largest absolute Gasteiger partial charge is 0.496 e. The summed E-state index contributed by atoms with van der Waals surface area (Å²) in [5.74, 6) is -0.653. The Hall–Kier alpha value is -2.86. The summed E-state index contributed by atoms with van der Waals surface area (Å²) in [5.41, 5.74) is 8.20. The predicted octanol–water partition coefficient (Wildman–Crippen LogP) is 4.39. The molecule has 0 spiro atoms. The molecule has 3 rings (SSSR count). The van der Waals surface area contributed by atoms with Crippen LogP contribution in [0.4, 0.5) is 5.69 Å². The number of imide groups is 1. The Morgan fingerprint density at radius 1 is 1.22 bits per heavy atom. The average Bonchev–Trinajstić information content (AvgIpc) is 2.92. The van der Waals surface area contributed by atoms with Crippen molar-refractivity contribution in [2.75, 3.05) is 19.4 Å². The molecular formula is C25H29ClN2O4. The predicted molar refractivity (Wildman–Crippen MR) is 125 cm³/mol. The number of carbonyl (C=O) groups is 3. The van der Waals surface area contributed by atoms with Crippen molar-refractivity contribution in [2.24, 2.45) is 5.92 Å². The summed E-state index contributed by atoms with van der Waals surface area (Å²) >= 11 is 6.14. The van der Waals surface area contributed by atoms with Gasteiger partial charge in [0.25, 0.3) is 0 Å². The minimum atomic E-state index is -0.491. The summed E-state index contributed by atoms with van der Waals surface area (Å²) in [6.45, 7) is 1.83. The molecule has 2 aromatic rings. The van der Waals surface area contributed by atoms with E-state index in [0.717, 1.165) is 22.4 Å². The third-order valence-electron chi connectivity index (χ3n) is 6.05. The van der Waals surface area contributed by atoms with Crippen LogP contribution in [0.25, 0.3) is 0 Å². The Bertz CT molecular complexity index is 990. The molecule has 32 heavy (non-hydrogen) atoms. The molecule has 170 valence electrons. The normalized spacial score (nSPS) is 17.7. The Kier molecular flexibility index (Phi) is 7.91. The van der Waals surface area contributed by atoms with Crippen molar-refractivity contribution >= 4 is 34.9 Å². The number of hydrogen-bond acceptors (Lipinski definition) is 5. The van der Waals surface area contributed by atoms with E-state index >= 15 is 0 Å². The highest BCUT2D eigenvalue weighted by atomic mass is 35.5. The molecule has 0 radical (unpaired) electrons. The molecule has 7 heteroatoms. The van der Waals surface area contributed by atoms with Crippen LogP contribution in [-0.2, 0) is 20.8 Å². The molecule has 0 aliphatic carbocycles. The van der Waals surface area contributed by atoms with Gasteiger partial charge in [0.2, 0.25) is 11.8 Å². The van der Waals surface area contributed by atoms with Gasteiger partial charge in [-0.15, -0.1) is 0 Å². The lowest BCUT2D eigenvalue weighted by molar-refractivity contribution is -0.148. The number of hydrogen-bond donors (Lipinski definition) is 1. The van der Waals surface area contributed by atoms with Gasteiger partial charge in [0, 0.05) is 29.5 Å². The number of nitrogens with zero attached hydrogens (tertiary/aromatic N) is 1. The maximum Gasteiger partial charge on any atom is 0.233 e. The van der Waals surface area contributed by atoms with Crippen LogP contribution >= 0.6 is 11.6 Å². The Labute approximate surface area is 193 Å². The molecular weight excluding hydrogens is 428 g/mol. The highest BCUT2D eigenvalue weighted by Crippen LogP contribution is 2.30. The van der Waals surface area contributed by atoms with Crippen molar-refractivity contribution in [1.29, 1.82) is 0 Å². The fourth-order valence-corrected chi connectivity index (χ4v) is 4.37. The fourth-order valence-electron chi connectivity index (χ4n) is 4.17. The Morgan fingerprint density at radius 2 is 1.94 bits per heavy atom. The first kappa shape index (κ1) is 23.8. The van der Waals surface area contributed by atoms with Crippen LogP contribution in [0.5, 0.6) is 5.75 Å². The molecule has 6 nitrogen and oxygen atoms in total. The van der Waals surface area contributed by atoms with E-state index < -0.39 is 5.92 Å². The van der Waals surface area contributed by atoms with Gasteiger partial charge in [0.1, 0.15) is 5.75 Å². The summed E-state index contributed by atoms with van der Waals surface area (Å²) in [4.78, 5) is 40.0. The minimum absolute atomic E-state index is 0.0549. The van der Waals surface area contributed by atoms with E-state index in [2.05, 4.69) is 0 Å². The van der Waals surface area contributed by atoms with Crippen LogP contribution in [0.3, 0.4) is 0 Å². The molecule has 2 N–H and O–H groups in total. The standard InChI is InChI=1S/C25H29ClN2O4/c1-3-16(17-4-8-21(27)9-5-17)14-24(30)28-15-22(29)10-6-18(25(28)31)12-19-13-20(26)7-11-23(19)32-2/h4-5,7-9,11,13,16,18H,3,6,10,12,14-15,27H2,1-2H3. The fraction of sp³-hybridized carbons (Fsp3) is 0.400. The van der Waals surface area contributed by atoms with Crippen molar-refractivity contribution in [2.45, 2.75) is 44.9 Å². The number of anilines is 1. The molecule has 2 atom stereocenters. The molecule has 1 aliphatic rings. The zero-order chi connectivity index (χ0) is 23.3. The first-order valence-corrected chi connectivity index (χ1v) is 11.2. The van der Waals surface area contributed by atoms with Gasteiger partial charge < -0.3 is 10.5 Å². The lowest BCUT2D eigenvalue weighted by atomic mass is 9.91. The summed E-state index contributed by atoms with van der Waals surface area (Å²) in [6, 6.07) is 12.7. The van der Waals surface area contributed by atoms with Crippen LogP contribution in [-0.4, -0.2) is 36.2 Å². The van der Waals surface area contributed by atoms with Crippen LogP contribution in [0, 0.1) is 5.92 Å². The molecule has 2 amide bonds. The van der Waals surface area contributed by atoms with Gasteiger partial charge >= 0.3 is 0 Å². The average molecular weight is 457 g/mol. The van der Waals surface area contributed by atoms with E-state index in [1.807, 2.05) is 19.1 Å². The number of benzene rings is 2. The number of ether oxygens (including phenoxy) is 1. The van der Waals surface area contributed by atoms with Crippen molar-refractivity contribution in [3.63, 3.8) is 0 Å². The van der Waals surface area contributed by atoms with Gasteiger partial charge in [-0.3, -0.25) is 19.3 Å². The molecule has 1 heterocycles. The zero-order valence-electron chi connectivity index (χ0n) is 18.5. The molecule has 2 unspecified atom stereocenters. The number of ketones is 1. The van der Waals surface area contributed by atoms with Crippen molar-refractivity contribution in [3.8, 4) is 5.75 Å². The number of methoxy groups -OCH3 is 1. The summed E-state index contributed by atoms with van der Waals surface area (Å²) < 4.78 is 5.40. The molecule has 0 saturated carbocycles. The molecule has 1 saturated heterocycles. The lowest BCUT2D eigenvalue weighted by Gasteiger charge is -2.25. The number of nitrogens with two attached hydrogens (primary N) is 1. The maximum absolute atomic E-state index is 13.3. The number of halogens is 1. The second kappa shape index (κ2) is 10.6. The SMILES string of the molecule is CCC(CC(=O)N1CC(=O)CCC(Cc2cc(Cl)ccc2OC)C1=O)c1ccc(N)cc1. The van der Waals surface area contributed by atoms with E-state index in [9.17, 15) is 14.4 Å². The molecule has 1 fully saturated rings. The number of likely N-dealkylation sites (tertiary alicyclic amines) is 1. The van der Waals surface area contributed by atoms with Gasteiger partial charge in [0.15, 0.2) is 5.78 Å². The zero-order valence-corrected chi connectivity index (χ0v) is 19.2. The molecule has 2 aromatic carbocycles. The van der Waals surface area contributed by atoms with Gasteiger partial charge in [0.05, 0.1) is 13.7 Å². The van der Waals surface area contributed by atoms with Crippen molar-refractivity contribution in [3.05, 3.63) is 58.6 Å². The molecule has 1 aliphatic heterocycles. The van der Waals surface area contributed by atoms with Crippen molar-refractivity contribution in [1.82, 2.24) is 4.90 Å². The highest BCUT2D eigenvalue weighted by molar-refractivity contribution is 6.30. The minimum Gasteiger partial charge on any atom is -0.496 e. The summed E-state index contributed by atoms with van der Waals surface area (Å²) in [5, 5.41) is 0.542. The topological polar surface area (TPSA) is 89.7 Å². The third-order valence-corrected chi connectivity index (χ3v) is 6.29. The van der Waals surface area contributed by atoms with Crippen molar-refractivity contribution < 1.29 is 19.1 Å². The third kappa shape index (κ3) is 5.68. The van der Waals surface area contributed by atoms with Crippen LogP contribution in [0.2, 0.25) is 5.02 Å². The monoisotopic (exact) mass is 456 g/mol. The number of Topliss-reactive ketones (excluding diaryl/α,β-unsaturated/α-hetero) is 1. The van der Waals surface area contributed by atoms with E-state index in [0.29, 0.717) is 29.3 Å². The highest BCUT2D eigenvalue weighted by Gasteiger charge is 2.35. The van der Waals surface area contributed by atoms with Gasteiger partial charge in [-0.2, -0.15) is 0 Å². The van der Waals surface area contributed by atoms with Gasteiger partial charge in [-0.1, -0.05) is 30.7 Å². The van der Waals surface area contributed by atoms with Gasteiger partial charge in [-0.25, -0.2) is 0 Å². The van der Waals surface area contributed by atoms with Crippen LogP contribution in [0.1, 0.15) is 49.7 Å². The number of amides is 2. The first-order valence-electron chi connectivity index (χ1n) is 10.9. The Balaban J connectivity index is 1.79. The van der Waals surface area contributed by atoms with E-state index in [1.54, 1.807) is 37.4 Å². The second-order valence-electron chi connectivity index (χ2n) is 8.23. The van der Waals surface area contributed by atoms with Crippen LogP contribution in [0.15, 0.2) is 42.5 Å². The summed E-state index contributed by atoms with van der Waals surface area (Å²) in [6.07, 6.45) is 1.90. The lowest BCUT2D eigenvalue weighted by Crippen LogP contribution is -2.42. The smallest absolute Gasteiger partial charge is 0.233 e. The van der Waals surface area contributed by atoms with Gasteiger partial charge in [-0.05, 0) is 66.6 Å². The first-order chi connectivity index (χ1) is 15.3. The summed E-state index contributed by atoms with van der Waals surface area (Å²) in [7, 11) is 1.56. The Morgan fingerprint density at radius 3 is 2.59 bits per heavy atom. The number of rotatable bonds is 7. The maximum atomic E-state index is 13.3. The quantitative estimate of drug-likeness (QED) is 0.624. The van der Waals surface area contributed by atoms with Crippen LogP contribution < -0.4 is 10.5 Å². The van der Waals surface area contributed by atoms with E-state index in [-0.39, 0.29) is 42.9 Å². The molecule has 0 aromatic heterocycles. The number of nitrogen functional groups attached to an aromatic ring is 1. The van der Waals surface area contributed by atoms with E-state index in [1.165, 1.54) is 0 Å². The van der Waals surface area contributed by atoms with E-state index in [4.69, 9.17) is 22.1 Å². The molecule has 0 bridgehead atoms. The number of carbonyl (C=O) groups excluding carboxylic acids is 3.